The van der Waals surface area contributed by atoms with E-state index in [1.54, 1.807) is 0 Å². The molecule has 0 aliphatic heterocycles. The highest BCUT2D eigenvalue weighted by molar-refractivity contribution is 7.09. The number of hydrogen-bond donors (Lipinski definition) is 1. The highest BCUT2D eigenvalue weighted by Crippen LogP contribution is 2.21. The average molecular weight is 263 g/mol. The fraction of sp³-hybridized carbons (Fsp3) is 0.625. The summed E-state index contributed by atoms with van der Waals surface area (Å²) < 4.78 is 0. The predicted octanol–water partition coefficient (Wildman–Crippen LogP) is 4.68. The zero-order valence-corrected chi connectivity index (χ0v) is 12.1. The molecule has 1 aromatic rings. The lowest BCUT2D eigenvalue weighted by atomic mass is 9.93. The first kappa shape index (κ1) is 13.8. The Hall–Kier alpha value is -0.600. The molecule has 1 atom stereocenters. The number of aryl methyl sites for hydroxylation is 1. The Labute approximate surface area is 115 Å². The van der Waals surface area contributed by atoms with E-state index in [9.17, 15) is 0 Å². The van der Waals surface area contributed by atoms with Crippen molar-refractivity contribution in [2.75, 3.05) is 0 Å². The van der Waals surface area contributed by atoms with Gasteiger partial charge in [0.05, 0.1) is 0 Å². The molecule has 1 aliphatic carbocycles. The third-order valence-corrected chi connectivity index (χ3v) is 4.76. The molecular formula is C16H25NS. The van der Waals surface area contributed by atoms with Gasteiger partial charge in [0.1, 0.15) is 0 Å². The molecule has 0 amide bonds. The van der Waals surface area contributed by atoms with Crippen molar-refractivity contribution in [2.24, 2.45) is 5.73 Å². The molecule has 0 saturated carbocycles. The summed E-state index contributed by atoms with van der Waals surface area (Å²) in [6.07, 6.45) is 13.9. The van der Waals surface area contributed by atoms with Crippen LogP contribution in [0.4, 0.5) is 0 Å². The summed E-state index contributed by atoms with van der Waals surface area (Å²) in [7, 11) is 0. The molecule has 0 saturated heterocycles. The first-order chi connectivity index (χ1) is 8.86. The summed E-state index contributed by atoms with van der Waals surface area (Å²) >= 11 is 1.86. The summed E-state index contributed by atoms with van der Waals surface area (Å²) in [6.45, 7) is 0. The summed E-state index contributed by atoms with van der Waals surface area (Å²) in [5, 5.41) is 2.16. The fourth-order valence-corrected chi connectivity index (χ4v) is 3.44. The van der Waals surface area contributed by atoms with E-state index in [-0.39, 0.29) is 0 Å². The van der Waals surface area contributed by atoms with Gasteiger partial charge in [0, 0.05) is 10.9 Å². The average Bonchev–Trinajstić information content (AvgIpc) is 2.81. The molecule has 1 heterocycles. The molecule has 0 bridgehead atoms. The molecule has 1 aliphatic rings. The summed E-state index contributed by atoms with van der Waals surface area (Å²) in [4.78, 5) is 1.49. The Morgan fingerprint density at radius 1 is 1.22 bits per heavy atom. The molecule has 0 spiro atoms. The van der Waals surface area contributed by atoms with E-state index in [0.29, 0.717) is 6.04 Å². The summed E-state index contributed by atoms with van der Waals surface area (Å²) in [5.74, 6) is 0. The van der Waals surface area contributed by atoms with Gasteiger partial charge < -0.3 is 5.73 Å². The Morgan fingerprint density at radius 3 is 2.94 bits per heavy atom. The smallest absolute Gasteiger partial charge is 0.0253 e. The summed E-state index contributed by atoms with van der Waals surface area (Å²) in [5.41, 5.74) is 7.87. The van der Waals surface area contributed by atoms with E-state index in [0.717, 1.165) is 6.42 Å². The third-order valence-electron chi connectivity index (χ3n) is 3.82. The van der Waals surface area contributed by atoms with E-state index >= 15 is 0 Å². The molecule has 0 radical (unpaired) electrons. The monoisotopic (exact) mass is 263 g/mol. The number of rotatable bonds is 5. The van der Waals surface area contributed by atoms with Crippen molar-refractivity contribution in [2.45, 2.75) is 63.8 Å². The first-order valence-electron chi connectivity index (χ1n) is 7.33. The second kappa shape index (κ2) is 7.75. The van der Waals surface area contributed by atoms with Crippen molar-refractivity contribution in [3.63, 3.8) is 0 Å². The lowest BCUT2D eigenvalue weighted by Gasteiger charge is -2.18. The number of nitrogens with two attached hydrogens (primary N) is 1. The highest BCUT2D eigenvalue weighted by Gasteiger charge is 2.10. The maximum absolute atomic E-state index is 6.34. The Bertz CT molecular complexity index is 353. The topological polar surface area (TPSA) is 26.0 Å². The van der Waals surface area contributed by atoms with Gasteiger partial charge in [-0.3, -0.25) is 0 Å². The van der Waals surface area contributed by atoms with Gasteiger partial charge in [-0.1, -0.05) is 30.6 Å². The van der Waals surface area contributed by atoms with Crippen LogP contribution in [0.1, 0.15) is 56.2 Å². The summed E-state index contributed by atoms with van der Waals surface area (Å²) in [6, 6.07) is 4.67. The minimum atomic E-state index is 0.308. The van der Waals surface area contributed by atoms with Crippen LogP contribution >= 0.6 is 11.3 Å². The minimum absolute atomic E-state index is 0.308. The number of hydrogen-bond acceptors (Lipinski definition) is 2. The molecule has 2 heteroatoms. The Morgan fingerprint density at radius 2 is 2.11 bits per heavy atom. The van der Waals surface area contributed by atoms with Crippen molar-refractivity contribution in [3.05, 3.63) is 34.0 Å². The second-order valence-corrected chi connectivity index (χ2v) is 6.34. The molecule has 1 nitrogen and oxygen atoms in total. The van der Waals surface area contributed by atoms with Crippen LogP contribution in [0.15, 0.2) is 29.2 Å². The zero-order chi connectivity index (χ0) is 12.6. The molecular weight excluding hydrogens is 238 g/mol. The molecule has 18 heavy (non-hydrogen) atoms. The van der Waals surface area contributed by atoms with Crippen LogP contribution in [0.5, 0.6) is 0 Å². The van der Waals surface area contributed by atoms with Crippen molar-refractivity contribution in [3.8, 4) is 0 Å². The SMILES string of the molecule is NC(CCCc1cccs1)/C1=C/CCCCCC1. The molecule has 100 valence electrons. The number of thiophene rings is 1. The molecule has 0 fully saturated rings. The van der Waals surface area contributed by atoms with Crippen LogP contribution in [0.2, 0.25) is 0 Å². The van der Waals surface area contributed by atoms with Gasteiger partial charge in [0.25, 0.3) is 0 Å². The quantitative estimate of drug-likeness (QED) is 0.767. The lowest BCUT2D eigenvalue weighted by Crippen LogP contribution is -2.23. The van der Waals surface area contributed by atoms with Crippen LogP contribution in [0.25, 0.3) is 0 Å². The van der Waals surface area contributed by atoms with Crippen molar-refractivity contribution >= 4 is 11.3 Å². The van der Waals surface area contributed by atoms with Crippen molar-refractivity contribution < 1.29 is 0 Å². The van der Waals surface area contributed by atoms with Gasteiger partial charge in [-0.2, -0.15) is 0 Å². The normalized spacial score (nSPS) is 21.7. The minimum Gasteiger partial charge on any atom is -0.324 e. The Balaban J connectivity index is 1.74. The molecule has 0 aromatic carbocycles. The van der Waals surface area contributed by atoms with Crippen LogP contribution in [0, 0.1) is 0 Å². The van der Waals surface area contributed by atoms with E-state index in [1.165, 1.54) is 61.8 Å². The fourth-order valence-electron chi connectivity index (χ4n) is 2.69. The molecule has 1 aromatic heterocycles. The van der Waals surface area contributed by atoms with Crippen LogP contribution in [0.3, 0.4) is 0 Å². The zero-order valence-electron chi connectivity index (χ0n) is 11.2. The highest BCUT2D eigenvalue weighted by atomic mass is 32.1. The van der Waals surface area contributed by atoms with Gasteiger partial charge in [0.2, 0.25) is 0 Å². The van der Waals surface area contributed by atoms with E-state index < -0.39 is 0 Å². The molecule has 2 N–H and O–H groups in total. The molecule has 2 rings (SSSR count). The van der Waals surface area contributed by atoms with Crippen LogP contribution in [-0.2, 0) is 6.42 Å². The largest absolute Gasteiger partial charge is 0.324 e. The van der Waals surface area contributed by atoms with E-state index in [4.69, 9.17) is 5.73 Å². The Kier molecular flexibility index (Phi) is 5.95. The van der Waals surface area contributed by atoms with E-state index in [1.807, 2.05) is 11.3 Å². The lowest BCUT2D eigenvalue weighted by molar-refractivity contribution is 0.571. The number of allylic oxidation sites excluding steroid dienone is 1. The third kappa shape index (κ3) is 4.58. The van der Waals surface area contributed by atoms with Crippen molar-refractivity contribution in [1.29, 1.82) is 0 Å². The maximum atomic E-state index is 6.34. The maximum Gasteiger partial charge on any atom is 0.0253 e. The predicted molar refractivity (Wildman–Crippen MR) is 81.0 cm³/mol. The van der Waals surface area contributed by atoms with Crippen molar-refractivity contribution in [1.82, 2.24) is 0 Å². The van der Waals surface area contributed by atoms with Crippen LogP contribution < -0.4 is 5.73 Å². The first-order valence-corrected chi connectivity index (χ1v) is 8.21. The standard InChI is InChI=1S/C16H25NS/c17-16(12-6-10-15-11-7-13-18-15)14-8-4-2-1-3-5-9-14/h7-8,11,13,16H,1-6,9-10,12,17H2/b14-8+. The second-order valence-electron chi connectivity index (χ2n) is 5.31. The van der Waals surface area contributed by atoms with Gasteiger partial charge in [-0.05, 0) is 56.4 Å². The van der Waals surface area contributed by atoms with Gasteiger partial charge in [0.15, 0.2) is 0 Å². The van der Waals surface area contributed by atoms with Gasteiger partial charge in [-0.25, -0.2) is 0 Å². The van der Waals surface area contributed by atoms with Gasteiger partial charge in [-0.15, -0.1) is 11.3 Å². The van der Waals surface area contributed by atoms with E-state index in [2.05, 4.69) is 23.6 Å². The van der Waals surface area contributed by atoms with Crippen LogP contribution in [-0.4, -0.2) is 6.04 Å². The van der Waals surface area contributed by atoms with Gasteiger partial charge >= 0.3 is 0 Å². The molecule has 1 unspecified atom stereocenters.